The van der Waals surface area contributed by atoms with E-state index in [0.717, 1.165) is 18.7 Å². The second-order valence-electron chi connectivity index (χ2n) is 6.80. The van der Waals surface area contributed by atoms with Gasteiger partial charge in [0.25, 0.3) is 11.6 Å². The molecule has 3 aromatic rings. The van der Waals surface area contributed by atoms with Crippen molar-refractivity contribution in [3.8, 4) is 0 Å². The van der Waals surface area contributed by atoms with E-state index in [1.807, 2.05) is 29.5 Å². The van der Waals surface area contributed by atoms with Gasteiger partial charge in [-0.3, -0.25) is 9.48 Å². The van der Waals surface area contributed by atoms with Crippen molar-refractivity contribution in [1.82, 2.24) is 24.8 Å². The Morgan fingerprint density at radius 3 is 2.88 bits per heavy atom. The number of aryl methyl sites for hydroxylation is 3. The first-order valence-electron chi connectivity index (χ1n) is 8.71. The summed E-state index contributed by atoms with van der Waals surface area (Å²) < 4.78 is 7.13. The number of carbonyl (C=O) groups excluding carboxylic acids is 1. The standard InChI is InChI=1S/C18H21N5O3/c1-10-7-14(16-11(2)21-26-17(16)19-10)18(25)22-5-4-6-23-13(9-22)8-15(20-23)12(3)24/h7-8,12,24H,4-6,9H2,1-3H3. The molecule has 1 aliphatic heterocycles. The molecular weight excluding hydrogens is 334 g/mol. The molecule has 1 N–H and O–H groups in total. The molecule has 26 heavy (non-hydrogen) atoms. The number of amides is 1. The van der Waals surface area contributed by atoms with Crippen molar-refractivity contribution in [2.75, 3.05) is 6.54 Å². The highest BCUT2D eigenvalue weighted by atomic mass is 16.5. The zero-order chi connectivity index (χ0) is 18.4. The minimum absolute atomic E-state index is 0.0694. The normalized spacial score (nSPS) is 15.8. The van der Waals surface area contributed by atoms with E-state index in [0.29, 0.717) is 46.8 Å². The summed E-state index contributed by atoms with van der Waals surface area (Å²) in [7, 11) is 0. The van der Waals surface area contributed by atoms with Gasteiger partial charge in [-0.15, -0.1) is 0 Å². The Bertz CT molecular complexity index is 988. The molecule has 4 heterocycles. The van der Waals surface area contributed by atoms with Gasteiger partial charge in [-0.05, 0) is 39.3 Å². The SMILES string of the molecule is Cc1cc(C(=O)N2CCCn3nc(C(C)O)cc3C2)c2c(C)noc2n1. The molecule has 3 aromatic heterocycles. The van der Waals surface area contributed by atoms with Gasteiger partial charge in [0.1, 0.15) is 0 Å². The van der Waals surface area contributed by atoms with Crippen molar-refractivity contribution in [2.24, 2.45) is 0 Å². The summed E-state index contributed by atoms with van der Waals surface area (Å²) >= 11 is 0. The van der Waals surface area contributed by atoms with E-state index in [4.69, 9.17) is 4.52 Å². The van der Waals surface area contributed by atoms with Crippen LogP contribution in [0.1, 0.15) is 52.6 Å². The molecule has 1 unspecified atom stereocenters. The Labute approximate surface area is 150 Å². The maximum absolute atomic E-state index is 13.3. The Hall–Kier alpha value is -2.74. The van der Waals surface area contributed by atoms with Crippen LogP contribution in [-0.2, 0) is 13.1 Å². The predicted molar refractivity (Wildman–Crippen MR) is 93.5 cm³/mol. The Morgan fingerprint density at radius 2 is 2.12 bits per heavy atom. The third kappa shape index (κ3) is 2.76. The summed E-state index contributed by atoms with van der Waals surface area (Å²) in [4.78, 5) is 19.4. The summed E-state index contributed by atoms with van der Waals surface area (Å²) in [5, 5.41) is 18.8. The minimum Gasteiger partial charge on any atom is -0.387 e. The summed E-state index contributed by atoms with van der Waals surface area (Å²) in [5.41, 5.74) is 3.89. The second kappa shape index (κ2) is 6.21. The molecule has 0 aliphatic carbocycles. The summed E-state index contributed by atoms with van der Waals surface area (Å²) in [6, 6.07) is 3.66. The fourth-order valence-electron chi connectivity index (χ4n) is 3.42. The molecule has 0 aromatic carbocycles. The van der Waals surface area contributed by atoms with Crippen LogP contribution in [0.15, 0.2) is 16.7 Å². The van der Waals surface area contributed by atoms with Gasteiger partial charge in [-0.2, -0.15) is 5.10 Å². The van der Waals surface area contributed by atoms with Crippen molar-refractivity contribution in [1.29, 1.82) is 0 Å². The van der Waals surface area contributed by atoms with Gasteiger partial charge in [0, 0.05) is 18.8 Å². The van der Waals surface area contributed by atoms with Crippen LogP contribution in [0.4, 0.5) is 0 Å². The van der Waals surface area contributed by atoms with Gasteiger partial charge in [0.15, 0.2) is 0 Å². The minimum atomic E-state index is -0.624. The molecule has 0 spiro atoms. The molecule has 136 valence electrons. The number of aliphatic hydroxyl groups is 1. The molecule has 0 bridgehead atoms. The van der Waals surface area contributed by atoms with Crippen LogP contribution in [0, 0.1) is 13.8 Å². The molecule has 8 nitrogen and oxygen atoms in total. The number of fused-ring (bicyclic) bond motifs is 2. The lowest BCUT2D eigenvalue weighted by atomic mass is 10.1. The van der Waals surface area contributed by atoms with Crippen molar-refractivity contribution >= 4 is 17.0 Å². The van der Waals surface area contributed by atoms with E-state index in [1.54, 1.807) is 13.0 Å². The van der Waals surface area contributed by atoms with Crippen LogP contribution in [0.2, 0.25) is 0 Å². The van der Waals surface area contributed by atoms with Crippen LogP contribution in [0.25, 0.3) is 11.1 Å². The van der Waals surface area contributed by atoms with Crippen LogP contribution in [-0.4, -0.2) is 42.4 Å². The van der Waals surface area contributed by atoms with Gasteiger partial charge in [-0.25, -0.2) is 4.98 Å². The molecule has 0 saturated heterocycles. The molecule has 1 amide bonds. The fraction of sp³-hybridized carbons (Fsp3) is 0.444. The highest BCUT2D eigenvalue weighted by molar-refractivity contribution is 6.06. The number of aliphatic hydroxyl groups excluding tert-OH is 1. The highest BCUT2D eigenvalue weighted by Gasteiger charge is 2.26. The molecule has 8 heteroatoms. The van der Waals surface area contributed by atoms with E-state index in [2.05, 4.69) is 15.2 Å². The first-order valence-corrected chi connectivity index (χ1v) is 8.71. The maximum atomic E-state index is 13.3. The van der Waals surface area contributed by atoms with Crippen LogP contribution in [0.5, 0.6) is 0 Å². The van der Waals surface area contributed by atoms with E-state index >= 15 is 0 Å². The van der Waals surface area contributed by atoms with Crippen molar-refractivity contribution in [2.45, 2.75) is 46.4 Å². The summed E-state index contributed by atoms with van der Waals surface area (Å²) in [6.45, 7) is 7.15. The van der Waals surface area contributed by atoms with Gasteiger partial charge in [-0.1, -0.05) is 5.16 Å². The fourth-order valence-corrected chi connectivity index (χ4v) is 3.42. The number of pyridine rings is 1. The molecule has 0 radical (unpaired) electrons. The van der Waals surface area contributed by atoms with Gasteiger partial charge in [0.2, 0.25) is 0 Å². The predicted octanol–water partition coefficient (Wildman–Crippen LogP) is 2.14. The van der Waals surface area contributed by atoms with Crippen LogP contribution < -0.4 is 0 Å². The number of carbonyl (C=O) groups is 1. The lowest BCUT2D eigenvalue weighted by Crippen LogP contribution is -2.31. The van der Waals surface area contributed by atoms with E-state index in [-0.39, 0.29) is 5.91 Å². The molecular formula is C18H21N5O3. The number of aromatic nitrogens is 4. The number of hydrogen-bond donors (Lipinski definition) is 1. The van der Waals surface area contributed by atoms with Crippen LogP contribution >= 0.6 is 0 Å². The van der Waals surface area contributed by atoms with Crippen molar-refractivity contribution in [3.05, 3.63) is 40.5 Å². The monoisotopic (exact) mass is 355 g/mol. The molecule has 1 atom stereocenters. The van der Waals surface area contributed by atoms with Gasteiger partial charge >= 0.3 is 0 Å². The van der Waals surface area contributed by atoms with Crippen LogP contribution in [0.3, 0.4) is 0 Å². The average Bonchev–Trinajstić information content (AvgIpc) is 3.11. The number of rotatable bonds is 2. The van der Waals surface area contributed by atoms with E-state index in [1.165, 1.54) is 0 Å². The first kappa shape index (κ1) is 16.7. The molecule has 1 aliphatic rings. The lowest BCUT2D eigenvalue weighted by molar-refractivity contribution is 0.0747. The largest absolute Gasteiger partial charge is 0.387 e. The molecule has 4 rings (SSSR count). The number of nitrogens with zero attached hydrogens (tertiary/aromatic N) is 5. The summed E-state index contributed by atoms with van der Waals surface area (Å²) in [5.74, 6) is -0.0694. The Morgan fingerprint density at radius 1 is 1.31 bits per heavy atom. The smallest absolute Gasteiger partial charge is 0.258 e. The topological polar surface area (TPSA) is 97.3 Å². The van der Waals surface area contributed by atoms with Gasteiger partial charge in [0.05, 0.1) is 40.7 Å². The molecule has 0 fully saturated rings. The quantitative estimate of drug-likeness (QED) is 0.756. The lowest BCUT2D eigenvalue weighted by Gasteiger charge is -2.20. The van der Waals surface area contributed by atoms with Crippen molar-refractivity contribution < 1.29 is 14.4 Å². The van der Waals surface area contributed by atoms with E-state index < -0.39 is 6.10 Å². The van der Waals surface area contributed by atoms with Gasteiger partial charge < -0.3 is 14.5 Å². The summed E-state index contributed by atoms with van der Waals surface area (Å²) in [6.07, 6.45) is 0.177. The Kier molecular flexibility index (Phi) is 3.99. The third-order valence-corrected chi connectivity index (χ3v) is 4.72. The first-order chi connectivity index (χ1) is 12.4. The van der Waals surface area contributed by atoms with E-state index in [9.17, 15) is 9.90 Å². The molecule has 0 saturated carbocycles. The third-order valence-electron chi connectivity index (χ3n) is 4.72. The number of hydrogen-bond acceptors (Lipinski definition) is 6. The zero-order valence-electron chi connectivity index (χ0n) is 15.1. The second-order valence-corrected chi connectivity index (χ2v) is 6.80. The zero-order valence-corrected chi connectivity index (χ0v) is 15.1. The maximum Gasteiger partial charge on any atom is 0.258 e. The highest BCUT2D eigenvalue weighted by Crippen LogP contribution is 2.25. The average molecular weight is 355 g/mol. The van der Waals surface area contributed by atoms with Crippen molar-refractivity contribution in [3.63, 3.8) is 0 Å². The Balaban J connectivity index is 1.71.